The molecule has 2 rings (SSSR count). The third-order valence-corrected chi connectivity index (χ3v) is 2.82. The maximum Gasteiger partial charge on any atom is 0.286 e. The smallest absolute Gasteiger partial charge is 0.286 e. The van der Waals surface area contributed by atoms with Gasteiger partial charge in [-0.2, -0.15) is 0 Å². The van der Waals surface area contributed by atoms with Crippen molar-refractivity contribution in [1.82, 2.24) is 10.2 Å². The second-order valence-corrected chi connectivity index (χ2v) is 4.54. The Morgan fingerprint density at radius 3 is 2.82 bits per heavy atom. The van der Waals surface area contributed by atoms with Gasteiger partial charge in [-0.1, -0.05) is 11.3 Å². The van der Waals surface area contributed by atoms with Gasteiger partial charge < -0.3 is 10.4 Å². The van der Waals surface area contributed by atoms with Crippen molar-refractivity contribution >= 4 is 34.5 Å². The van der Waals surface area contributed by atoms with E-state index in [0.717, 1.165) is 23.5 Å². The van der Waals surface area contributed by atoms with Gasteiger partial charge in [0.15, 0.2) is 11.6 Å². The van der Waals surface area contributed by atoms with Crippen molar-refractivity contribution in [2.45, 2.75) is 0 Å². The number of carbonyl (C=O) groups excluding carboxylic acids is 1. The summed E-state index contributed by atoms with van der Waals surface area (Å²) >= 11 is 6.44. The summed E-state index contributed by atoms with van der Waals surface area (Å²) in [5.74, 6) is -1.85. The third-order valence-electron chi connectivity index (χ3n) is 1.80. The topological polar surface area (TPSA) is 75.1 Å². The average molecular weight is 274 g/mol. The number of nitrogens with one attached hydrogen (secondary N) is 1. The molecule has 2 N–H and O–H groups in total. The van der Waals surface area contributed by atoms with Gasteiger partial charge in [0.25, 0.3) is 5.91 Å². The first-order valence-corrected chi connectivity index (χ1v) is 5.54. The number of amides is 1. The zero-order chi connectivity index (χ0) is 12.4. The molecule has 0 fully saturated rings. The average Bonchev–Trinajstić information content (AvgIpc) is 2.70. The van der Waals surface area contributed by atoms with Crippen LogP contribution in [0, 0.1) is 5.82 Å². The van der Waals surface area contributed by atoms with E-state index in [2.05, 4.69) is 15.5 Å². The van der Waals surface area contributed by atoms with Crippen LogP contribution in [0.1, 0.15) is 9.80 Å². The number of phenolic OH excluding ortho intramolecular Hbond substituents is 1. The van der Waals surface area contributed by atoms with Crippen molar-refractivity contribution < 1.29 is 14.3 Å². The Labute approximate surface area is 104 Å². The summed E-state index contributed by atoms with van der Waals surface area (Å²) < 4.78 is 13.1. The number of halogens is 2. The van der Waals surface area contributed by atoms with E-state index in [9.17, 15) is 9.18 Å². The fourth-order valence-electron chi connectivity index (χ4n) is 1.07. The molecule has 0 atom stereocenters. The first kappa shape index (κ1) is 11.7. The summed E-state index contributed by atoms with van der Waals surface area (Å²) in [6.45, 7) is 0. The summed E-state index contributed by atoms with van der Waals surface area (Å²) in [4.78, 5) is 11.6. The van der Waals surface area contributed by atoms with Crippen molar-refractivity contribution in [3.8, 4) is 5.75 Å². The SMILES string of the molecule is O=C(Nc1ccc(O)c(F)c1)c1nnc(Cl)s1. The van der Waals surface area contributed by atoms with E-state index in [1.54, 1.807) is 0 Å². The van der Waals surface area contributed by atoms with Gasteiger partial charge in [0.2, 0.25) is 9.47 Å². The lowest BCUT2D eigenvalue weighted by Crippen LogP contribution is -2.11. The van der Waals surface area contributed by atoms with E-state index in [-0.39, 0.29) is 15.2 Å². The molecule has 0 saturated heterocycles. The van der Waals surface area contributed by atoms with E-state index in [1.807, 2.05) is 0 Å². The lowest BCUT2D eigenvalue weighted by atomic mass is 10.3. The first-order chi connectivity index (χ1) is 8.06. The molecule has 1 amide bonds. The number of rotatable bonds is 2. The van der Waals surface area contributed by atoms with Crippen LogP contribution < -0.4 is 5.32 Å². The van der Waals surface area contributed by atoms with Crippen molar-refractivity contribution in [3.63, 3.8) is 0 Å². The van der Waals surface area contributed by atoms with Crippen LogP contribution in [-0.2, 0) is 0 Å². The van der Waals surface area contributed by atoms with Gasteiger partial charge in [0.05, 0.1) is 0 Å². The highest BCUT2D eigenvalue weighted by Crippen LogP contribution is 2.21. The molecule has 1 aromatic heterocycles. The molecule has 17 heavy (non-hydrogen) atoms. The number of hydrogen-bond acceptors (Lipinski definition) is 5. The van der Waals surface area contributed by atoms with Gasteiger partial charge in [0.1, 0.15) is 0 Å². The Morgan fingerprint density at radius 2 is 2.24 bits per heavy atom. The lowest BCUT2D eigenvalue weighted by molar-refractivity contribution is 0.102. The molecule has 8 heteroatoms. The molecule has 1 heterocycles. The number of benzene rings is 1. The summed E-state index contributed by atoms with van der Waals surface area (Å²) in [5.41, 5.74) is 0.205. The number of aromatic nitrogens is 2. The third kappa shape index (κ3) is 2.69. The summed E-state index contributed by atoms with van der Waals surface area (Å²) in [6.07, 6.45) is 0. The molecule has 0 radical (unpaired) electrons. The summed E-state index contributed by atoms with van der Waals surface area (Å²) in [7, 11) is 0. The minimum Gasteiger partial charge on any atom is -0.505 e. The van der Waals surface area contributed by atoms with E-state index in [0.29, 0.717) is 0 Å². The Balaban J connectivity index is 2.15. The quantitative estimate of drug-likeness (QED) is 0.823. The zero-order valence-electron chi connectivity index (χ0n) is 8.15. The molecule has 0 aliphatic rings. The molecule has 0 aliphatic carbocycles. The number of aromatic hydroxyl groups is 1. The standard InChI is InChI=1S/C9H5ClFN3O2S/c10-9-14-13-8(17-9)7(16)12-4-1-2-6(15)5(11)3-4/h1-3,15H,(H,12,16). The number of anilines is 1. The monoisotopic (exact) mass is 273 g/mol. The number of phenols is 1. The largest absolute Gasteiger partial charge is 0.505 e. The molecule has 1 aromatic carbocycles. The molecule has 0 bridgehead atoms. The Bertz CT molecular complexity index is 575. The van der Waals surface area contributed by atoms with Gasteiger partial charge in [0, 0.05) is 11.8 Å². The van der Waals surface area contributed by atoms with E-state index in [1.165, 1.54) is 6.07 Å². The lowest BCUT2D eigenvalue weighted by Gasteiger charge is -2.03. The van der Waals surface area contributed by atoms with Crippen LogP contribution in [-0.4, -0.2) is 21.2 Å². The zero-order valence-corrected chi connectivity index (χ0v) is 9.72. The van der Waals surface area contributed by atoms with E-state index in [4.69, 9.17) is 16.7 Å². The van der Waals surface area contributed by atoms with Gasteiger partial charge in [-0.05, 0) is 23.7 Å². The van der Waals surface area contributed by atoms with Crippen molar-refractivity contribution in [2.24, 2.45) is 0 Å². The summed E-state index contributed by atoms with van der Waals surface area (Å²) in [5, 5.41) is 18.4. The van der Waals surface area contributed by atoms with Crippen LogP contribution in [0.4, 0.5) is 10.1 Å². The molecule has 0 saturated carbocycles. The molecule has 0 unspecified atom stereocenters. The van der Waals surface area contributed by atoms with Crippen molar-refractivity contribution in [3.05, 3.63) is 33.5 Å². The normalized spacial score (nSPS) is 10.2. The predicted octanol–water partition coefficient (Wildman–Crippen LogP) is 2.29. The fourth-order valence-corrected chi connectivity index (χ4v) is 1.79. The van der Waals surface area contributed by atoms with E-state index < -0.39 is 17.5 Å². The minimum atomic E-state index is -0.821. The van der Waals surface area contributed by atoms with Crippen LogP contribution in [0.2, 0.25) is 4.47 Å². The van der Waals surface area contributed by atoms with Gasteiger partial charge >= 0.3 is 0 Å². The van der Waals surface area contributed by atoms with Crippen LogP contribution in [0.25, 0.3) is 0 Å². The Morgan fingerprint density at radius 1 is 1.47 bits per heavy atom. The molecular weight excluding hydrogens is 269 g/mol. The van der Waals surface area contributed by atoms with Crippen LogP contribution >= 0.6 is 22.9 Å². The molecule has 2 aromatic rings. The Kier molecular flexibility index (Phi) is 3.21. The molecule has 0 spiro atoms. The van der Waals surface area contributed by atoms with Crippen LogP contribution in [0.5, 0.6) is 5.75 Å². The highest BCUT2D eigenvalue weighted by atomic mass is 35.5. The second kappa shape index (κ2) is 4.64. The highest BCUT2D eigenvalue weighted by Gasteiger charge is 2.12. The molecule has 88 valence electrons. The predicted molar refractivity (Wildman–Crippen MR) is 60.9 cm³/mol. The first-order valence-electron chi connectivity index (χ1n) is 4.35. The maximum atomic E-state index is 13.0. The number of carbonyl (C=O) groups is 1. The molecule has 0 aliphatic heterocycles. The fraction of sp³-hybridized carbons (Fsp3) is 0. The molecule has 5 nitrogen and oxygen atoms in total. The number of nitrogens with zero attached hydrogens (tertiary/aromatic N) is 2. The highest BCUT2D eigenvalue weighted by molar-refractivity contribution is 7.17. The van der Waals surface area contributed by atoms with Gasteiger partial charge in [-0.15, -0.1) is 10.2 Å². The van der Waals surface area contributed by atoms with Gasteiger partial charge in [-0.3, -0.25) is 4.79 Å². The van der Waals surface area contributed by atoms with E-state index >= 15 is 0 Å². The van der Waals surface area contributed by atoms with Crippen LogP contribution in [0.15, 0.2) is 18.2 Å². The maximum absolute atomic E-state index is 13.0. The number of hydrogen-bond donors (Lipinski definition) is 2. The second-order valence-electron chi connectivity index (χ2n) is 2.98. The van der Waals surface area contributed by atoms with Crippen LogP contribution in [0.3, 0.4) is 0 Å². The summed E-state index contributed by atoms with van der Waals surface area (Å²) in [6, 6.07) is 3.49. The minimum absolute atomic E-state index is 0.0727. The molecular formula is C9H5ClFN3O2S. The Hall–Kier alpha value is -1.73. The van der Waals surface area contributed by atoms with Crippen molar-refractivity contribution in [2.75, 3.05) is 5.32 Å². The van der Waals surface area contributed by atoms with Gasteiger partial charge in [-0.25, -0.2) is 4.39 Å². The van der Waals surface area contributed by atoms with Crippen molar-refractivity contribution in [1.29, 1.82) is 0 Å².